The highest BCUT2D eigenvalue weighted by atomic mass is 16.3. The van der Waals surface area contributed by atoms with Gasteiger partial charge in [-0.2, -0.15) is 0 Å². The molecule has 200 valence electrons. The van der Waals surface area contributed by atoms with Crippen LogP contribution in [0.1, 0.15) is 55.1 Å². The number of rotatable bonds is 7. The summed E-state index contributed by atoms with van der Waals surface area (Å²) in [6.07, 6.45) is 4.41. The number of aliphatic hydroxyl groups excluding tert-OH is 1. The molecule has 0 spiro atoms. The zero-order chi connectivity index (χ0) is 27.5. The van der Waals surface area contributed by atoms with Crippen LogP contribution in [0.15, 0.2) is 70.6 Å². The highest BCUT2D eigenvalue weighted by Gasteiger charge is 2.26. The molecule has 1 aliphatic carbocycles. The maximum Gasteiger partial charge on any atom is 0.329 e. The fraction of sp³-hybridized carbons (Fsp3) is 0.300. The molecule has 0 radical (unpaired) electrons. The van der Waals surface area contributed by atoms with Crippen LogP contribution in [0, 0.1) is 11.8 Å². The number of aromatic nitrogens is 4. The molecule has 0 bridgehead atoms. The lowest BCUT2D eigenvalue weighted by molar-refractivity contribution is 0.0619. The van der Waals surface area contributed by atoms with E-state index in [-0.39, 0.29) is 30.1 Å². The van der Waals surface area contributed by atoms with Crippen molar-refractivity contribution >= 4 is 0 Å². The molecule has 4 N–H and O–H groups in total. The second kappa shape index (κ2) is 11.2. The van der Waals surface area contributed by atoms with E-state index in [4.69, 9.17) is 0 Å². The van der Waals surface area contributed by atoms with Crippen molar-refractivity contribution in [2.75, 3.05) is 0 Å². The number of nitrogens with zero attached hydrogens (tertiary/aromatic N) is 3. The molecule has 4 aromatic rings. The Morgan fingerprint density at radius 3 is 2.31 bits per heavy atom. The molecule has 9 nitrogen and oxygen atoms in total. The van der Waals surface area contributed by atoms with Gasteiger partial charge in [0.25, 0.3) is 5.56 Å². The molecule has 0 aliphatic heterocycles. The third-order valence-corrected chi connectivity index (χ3v) is 6.92. The number of nitrogens with one attached hydrogen (secondary N) is 2. The Kier molecular flexibility index (Phi) is 7.50. The first-order chi connectivity index (χ1) is 18.8. The fourth-order valence-electron chi connectivity index (χ4n) is 4.63. The van der Waals surface area contributed by atoms with Crippen LogP contribution in [0.2, 0.25) is 0 Å². The summed E-state index contributed by atoms with van der Waals surface area (Å²) in [4.78, 5) is 31.2. The van der Waals surface area contributed by atoms with E-state index in [0.717, 1.165) is 41.8 Å². The first-order valence-electron chi connectivity index (χ1n) is 13.0. The highest BCUT2D eigenvalue weighted by Crippen LogP contribution is 2.23. The summed E-state index contributed by atoms with van der Waals surface area (Å²) in [5.41, 5.74) is 3.75. The van der Waals surface area contributed by atoms with Gasteiger partial charge in [-0.3, -0.25) is 13.9 Å². The van der Waals surface area contributed by atoms with Crippen LogP contribution >= 0.6 is 0 Å². The van der Waals surface area contributed by atoms with Gasteiger partial charge in [0.05, 0.1) is 24.7 Å². The van der Waals surface area contributed by atoms with Crippen LogP contribution < -0.4 is 16.6 Å². The van der Waals surface area contributed by atoms with E-state index in [1.54, 1.807) is 10.8 Å². The number of hydrogen-bond donors (Lipinski definition) is 4. The number of aromatic hydroxyl groups is 1. The molecule has 39 heavy (non-hydrogen) atoms. The van der Waals surface area contributed by atoms with Gasteiger partial charge in [0.15, 0.2) is 0 Å². The lowest BCUT2D eigenvalue weighted by Crippen LogP contribution is -2.43. The number of hydrogen-bond acceptors (Lipinski definition) is 6. The number of imidazole rings is 1. The number of aliphatic hydroxyl groups is 1. The molecule has 2 aromatic carbocycles. The van der Waals surface area contributed by atoms with Gasteiger partial charge in [-0.05, 0) is 62.1 Å². The Morgan fingerprint density at radius 2 is 1.69 bits per heavy atom. The van der Waals surface area contributed by atoms with E-state index in [2.05, 4.69) is 39.3 Å². The first kappa shape index (κ1) is 26.2. The Balaban J connectivity index is 1.31. The van der Waals surface area contributed by atoms with E-state index in [1.165, 1.54) is 16.5 Å². The largest absolute Gasteiger partial charge is 0.502 e. The van der Waals surface area contributed by atoms with Crippen molar-refractivity contribution in [2.45, 2.75) is 58.0 Å². The average molecular weight is 526 g/mol. The standard InChI is InChI=1S/C30H31N5O4/c1-19(2)35-27(17-34(30(35)39)16-26-28(37)29(38)33-18-32-26)23-11-9-21(10-12-23)4-3-20-5-7-22(8-6-20)15-31-24-13-25(36)14-24/h5-12,17-19,24-25,31,36-37H,13-16H2,1-2H3,(H,32,33,38). The van der Waals surface area contributed by atoms with E-state index in [1.807, 2.05) is 50.2 Å². The normalized spacial score (nSPS) is 16.5. The summed E-state index contributed by atoms with van der Waals surface area (Å²) in [7, 11) is 0. The zero-order valence-corrected chi connectivity index (χ0v) is 21.9. The number of benzene rings is 2. The van der Waals surface area contributed by atoms with Gasteiger partial charge >= 0.3 is 5.69 Å². The van der Waals surface area contributed by atoms with Crippen molar-refractivity contribution in [3.8, 4) is 28.8 Å². The molecule has 0 amide bonds. The monoisotopic (exact) mass is 525 g/mol. The van der Waals surface area contributed by atoms with Crippen LogP contribution in [-0.2, 0) is 13.1 Å². The third kappa shape index (κ3) is 5.87. The van der Waals surface area contributed by atoms with Gasteiger partial charge in [0.1, 0.15) is 5.69 Å². The molecule has 2 aromatic heterocycles. The second-order valence-corrected chi connectivity index (χ2v) is 10.1. The molecule has 0 atom stereocenters. The minimum atomic E-state index is -0.647. The van der Waals surface area contributed by atoms with Crippen LogP contribution in [0.25, 0.3) is 11.3 Å². The van der Waals surface area contributed by atoms with Crippen LogP contribution in [-0.4, -0.2) is 41.5 Å². The first-order valence-corrected chi connectivity index (χ1v) is 13.0. The topological polar surface area (TPSA) is 125 Å². The quantitative estimate of drug-likeness (QED) is 0.275. The van der Waals surface area contributed by atoms with Gasteiger partial charge in [0.2, 0.25) is 5.75 Å². The molecule has 0 saturated heterocycles. The van der Waals surface area contributed by atoms with E-state index < -0.39 is 11.3 Å². The van der Waals surface area contributed by atoms with Crippen molar-refractivity contribution in [3.63, 3.8) is 0 Å². The van der Waals surface area contributed by atoms with Gasteiger partial charge < -0.3 is 20.5 Å². The minimum absolute atomic E-state index is 0.0244. The van der Waals surface area contributed by atoms with Gasteiger partial charge in [0, 0.05) is 36.0 Å². The number of H-pyrrole nitrogens is 1. The molecular formula is C30H31N5O4. The number of aromatic amines is 1. The molecular weight excluding hydrogens is 494 g/mol. The summed E-state index contributed by atoms with van der Waals surface area (Å²) in [5.74, 6) is 5.90. The van der Waals surface area contributed by atoms with Gasteiger partial charge in [-0.15, -0.1) is 0 Å². The van der Waals surface area contributed by atoms with Crippen molar-refractivity contribution < 1.29 is 10.2 Å². The van der Waals surface area contributed by atoms with Crippen molar-refractivity contribution in [3.05, 3.63) is 104 Å². The molecule has 2 heterocycles. The molecule has 0 unspecified atom stereocenters. The van der Waals surface area contributed by atoms with Crippen molar-refractivity contribution in [1.29, 1.82) is 0 Å². The Morgan fingerprint density at radius 1 is 1.05 bits per heavy atom. The Hall–Kier alpha value is -4.39. The lowest BCUT2D eigenvalue weighted by Gasteiger charge is -2.32. The molecule has 1 aliphatic rings. The van der Waals surface area contributed by atoms with Crippen molar-refractivity contribution in [1.82, 2.24) is 24.4 Å². The highest BCUT2D eigenvalue weighted by molar-refractivity contribution is 5.61. The maximum absolute atomic E-state index is 13.2. The van der Waals surface area contributed by atoms with Crippen LogP contribution in [0.4, 0.5) is 0 Å². The summed E-state index contributed by atoms with van der Waals surface area (Å²) in [6, 6.07) is 16.1. The fourth-order valence-corrected chi connectivity index (χ4v) is 4.63. The predicted molar refractivity (Wildman–Crippen MR) is 148 cm³/mol. The average Bonchev–Trinajstić information content (AvgIpc) is 3.24. The summed E-state index contributed by atoms with van der Waals surface area (Å²) in [5, 5.41) is 22.9. The van der Waals surface area contributed by atoms with Crippen LogP contribution in [0.3, 0.4) is 0 Å². The van der Waals surface area contributed by atoms with Gasteiger partial charge in [-0.25, -0.2) is 9.78 Å². The summed E-state index contributed by atoms with van der Waals surface area (Å²) >= 11 is 0. The van der Waals surface area contributed by atoms with E-state index in [0.29, 0.717) is 6.04 Å². The summed E-state index contributed by atoms with van der Waals surface area (Å²) < 4.78 is 3.12. The zero-order valence-electron chi connectivity index (χ0n) is 21.9. The molecule has 1 saturated carbocycles. The second-order valence-electron chi connectivity index (χ2n) is 10.1. The smallest absolute Gasteiger partial charge is 0.329 e. The van der Waals surface area contributed by atoms with Gasteiger partial charge in [-0.1, -0.05) is 36.1 Å². The maximum atomic E-state index is 13.2. The lowest BCUT2D eigenvalue weighted by atomic mass is 9.89. The Labute approximate surface area is 225 Å². The SMILES string of the molecule is CC(C)n1c(-c2ccc(C#Cc3ccc(CNC4CC(O)C4)cc3)cc2)cn(Cc2nc[nH]c(=O)c2O)c1=O. The molecule has 1 fully saturated rings. The predicted octanol–water partition coefficient (Wildman–Crippen LogP) is 2.75. The van der Waals surface area contributed by atoms with Crippen LogP contribution in [0.5, 0.6) is 5.75 Å². The third-order valence-electron chi connectivity index (χ3n) is 6.92. The summed E-state index contributed by atoms with van der Waals surface area (Å²) in [6.45, 7) is 4.61. The Bertz CT molecular complexity index is 1630. The molecule has 5 rings (SSSR count). The van der Waals surface area contributed by atoms with E-state index in [9.17, 15) is 19.8 Å². The minimum Gasteiger partial charge on any atom is -0.502 e. The van der Waals surface area contributed by atoms with E-state index >= 15 is 0 Å². The van der Waals surface area contributed by atoms with Crippen molar-refractivity contribution in [2.24, 2.45) is 0 Å². The molecule has 9 heteroatoms.